The third-order valence-corrected chi connectivity index (χ3v) is 2.79. The Kier molecular flexibility index (Phi) is 3.66. The van der Waals surface area contributed by atoms with Gasteiger partial charge in [-0.3, -0.25) is 4.79 Å². The molecule has 3 nitrogen and oxygen atoms in total. The van der Waals surface area contributed by atoms with Crippen LogP contribution in [0.1, 0.15) is 15.9 Å². The molecule has 2 aromatic carbocycles. The highest BCUT2D eigenvalue weighted by Gasteiger charge is 2.08. The minimum Gasteiger partial charge on any atom is -0.322 e. The second kappa shape index (κ2) is 5.39. The number of anilines is 1. The van der Waals surface area contributed by atoms with Crippen LogP contribution in [0.4, 0.5) is 5.69 Å². The second-order valence-electron chi connectivity index (χ2n) is 3.66. The van der Waals surface area contributed by atoms with Crippen LogP contribution in [0.2, 0.25) is 0 Å². The smallest absolute Gasteiger partial charge is 0.256 e. The van der Waals surface area contributed by atoms with Crippen molar-refractivity contribution in [2.45, 2.75) is 4.90 Å². The summed E-state index contributed by atoms with van der Waals surface area (Å²) >= 11 is 4.23. The average molecular weight is 254 g/mol. The lowest BCUT2D eigenvalue weighted by Crippen LogP contribution is -2.12. The van der Waals surface area contributed by atoms with E-state index in [4.69, 9.17) is 5.26 Å². The van der Waals surface area contributed by atoms with E-state index in [1.165, 1.54) is 0 Å². The molecule has 4 heteroatoms. The van der Waals surface area contributed by atoms with Crippen molar-refractivity contribution in [2.24, 2.45) is 0 Å². The van der Waals surface area contributed by atoms with Gasteiger partial charge in [0.15, 0.2) is 0 Å². The molecular formula is C14H10N2OS. The summed E-state index contributed by atoms with van der Waals surface area (Å²) in [5.41, 5.74) is 1.60. The molecule has 0 radical (unpaired) electrons. The number of nitrogens with zero attached hydrogens (tertiary/aromatic N) is 1. The van der Waals surface area contributed by atoms with E-state index in [1.54, 1.807) is 42.5 Å². The summed E-state index contributed by atoms with van der Waals surface area (Å²) in [6.45, 7) is 0. The maximum absolute atomic E-state index is 12.0. The minimum absolute atomic E-state index is 0.240. The van der Waals surface area contributed by atoms with E-state index in [0.29, 0.717) is 21.7 Å². The van der Waals surface area contributed by atoms with Gasteiger partial charge in [0.2, 0.25) is 0 Å². The van der Waals surface area contributed by atoms with Crippen LogP contribution in [0.25, 0.3) is 0 Å². The molecule has 1 N–H and O–H groups in total. The molecule has 0 aliphatic carbocycles. The van der Waals surface area contributed by atoms with Gasteiger partial charge in [0.05, 0.1) is 17.2 Å². The molecule has 0 spiro atoms. The number of rotatable bonds is 2. The normalized spacial score (nSPS) is 9.56. The number of benzene rings is 2. The Morgan fingerprint density at radius 3 is 2.67 bits per heavy atom. The Hall–Kier alpha value is -2.25. The predicted molar refractivity (Wildman–Crippen MR) is 72.8 cm³/mol. The maximum atomic E-state index is 12.0. The first-order valence-electron chi connectivity index (χ1n) is 5.30. The molecule has 18 heavy (non-hydrogen) atoms. The molecule has 0 atom stereocenters. The van der Waals surface area contributed by atoms with Crippen LogP contribution in [0.5, 0.6) is 0 Å². The van der Waals surface area contributed by atoms with Crippen LogP contribution in [0, 0.1) is 11.3 Å². The molecule has 0 aliphatic heterocycles. The largest absolute Gasteiger partial charge is 0.322 e. The summed E-state index contributed by atoms with van der Waals surface area (Å²) in [7, 11) is 0. The van der Waals surface area contributed by atoms with Crippen molar-refractivity contribution in [2.75, 3.05) is 5.32 Å². The molecule has 0 fully saturated rings. The van der Waals surface area contributed by atoms with E-state index in [-0.39, 0.29) is 5.91 Å². The van der Waals surface area contributed by atoms with Crippen molar-refractivity contribution < 1.29 is 4.79 Å². The standard InChI is InChI=1S/C14H10N2OS/c15-9-10-4-3-5-11(8-10)16-14(17)12-6-1-2-7-13(12)18/h1-8,18H,(H,16,17). The van der Waals surface area contributed by atoms with Crippen molar-refractivity contribution in [3.8, 4) is 6.07 Å². The molecule has 2 rings (SSSR count). The number of hydrogen-bond donors (Lipinski definition) is 2. The molecule has 0 bridgehead atoms. The SMILES string of the molecule is N#Cc1cccc(NC(=O)c2ccccc2S)c1. The molecule has 0 aliphatic rings. The van der Waals surface area contributed by atoms with Crippen LogP contribution < -0.4 is 5.32 Å². The van der Waals surface area contributed by atoms with E-state index in [0.717, 1.165) is 0 Å². The minimum atomic E-state index is -0.240. The van der Waals surface area contributed by atoms with E-state index in [2.05, 4.69) is 17.9 Å². The Labute approximate surface area is 110 Å². The fraction of sp³-hybridized carbons (Fsp3) is 0. The van der Waals surface area contributed by atoms with E-state index >= 15 is 0 Å². The Morgan fingerprint density at radius 1 is 1.17 bits per heavy atom. The number of carbonyl (C=O) groups is 1. The molecule has 2 aromatic rings. The molecule has 0 heterocycles. The summed E-state index contributed by atoms with van der Waals surface area (Å²) in [4.78, 5) is 12.6. The number of nitriles is 1. The summed E-state index contributed by atoms with van der Waals surface area (Å²) in [6, 6.07) is 15.8. The first kappa shape index (κ1) is 12.2. The highest BCUT2D eigenvalue weighted by molar-refractivity contribution is 7.80. The average Bonchev–Trinajstić information content (AvgIpc) is 2.39. The zero-order chi connectivity index (χ0) is 13.0. The van der Waals surface area contributed by atoms with Crippen molar-refractivity contribution in [3.63, 3.8) is 0 Å². The maximum Gasteiger partial charge on any atom is 0.256 e. The van der Waals surface area contributed by atoms with Gasteiger partial charge in [0.1, 0.15) is 0 Å². The highest BCUT2D eigenvalue weighted by atomic mass is 32.1. The van der Waals surface area contributed by atoms with Crippen LogP contribution in [-0.2, 0) is 0 Å². The number of hydrogen-bond acceptors (Lipinski definition) is 3. The quantitative estimate of drug-likeness (QED) is 0.809. The number of amides is 1. The lowest BCUT2D eigenvalue weighted by Gasteiger charge is -2.07. The van der Waals surface area contributed by atoms with E-state index in [9.17, 15) is 4.79 Å². The van der Waals surface area contributed by atoms with Gasteiger partial charge >= 0.3 is 0 Å². The van der Waals surface area contributed by atoms with Gasteiger partial charge in [0, 0.05) is 10.6 Å². The van der Waals surface area contributed by atoms with Crippen molar-refractivity contribution >= 4 is 24.2 Å². The number of nitrogens with one attached hydrogen (secondary N) is 1. The van der Waals surface area contributed by atoms with Crippen molar-refractivity contribution in [1.29, 1.82) is 5.26 Å². The molecule has 1 amide bonds. The Balaban J connectivity index is 2.22. The van der Waals surface area contributed by atoms with Crippen LogP contribution in [0.15, 0.2) is 53.4 Å². The first-order valence-corrected chi connectivity index (χ1v) is 5.75. The van der Waals surface area contributed by atoms with Crippen LogP contribution in [-0.4, -0.2) is 5.91 Å². The molecule has 0 saturated carbocycles. The van der Waals surface area contributed by atoms with Crippen molar-refractivity contribution in [1.82, 2.24) is 0 Å². The van der Waals surface area contributed by atoms with Gasteiger partial charge in [-0.25, -0.2) is 0 Å². The summed E-state index contributed by atoms with van der Waals surface area (Å²) in [5.74, 6) is -0.240. The summed E-state index contributed by atoms with van der Waals surface area (Å²) in [6.07, 6.45) is 0. The van der Waals surface area contributed by atoms with Gasteiger partial charge < -0.3 is 5.32 Å². The zero-order valence-corrected chi connectivity index (χ0v) is 10.3. The number of thiol groups is 1. The van der Waals surface area contributed by atoms with Crippen molar-refractivity contribution in [3.05, 3.63) is 59.7 Å². The summed E-state index contributed by atoms with van der Waals surface area (Å²) < 4.78 is 0. The van der Waals surface area contributed by atoms with Crippen LogP contribution in [0.3, 0.4) is 0 Å². The van der Waals surface area contributed by atoms with Gasteiger partial charge in [-0.2, -0.15) is 5.26 Å². The lowest BCUT2D eigenvalue weighted by atomic mass is 10.2. The molecule has 0 aromatic heterocycles. The van der Waals surface area contributed by atoms with E-state index < -0.39 is 0 Å². The molecular weight excluding hydrogens is 244 g/mol. The lowest BCUT2D eigenvalue weighted by molar-refractivity contribution is 0.102. The fourth-order valence-corrected chi connectivity index (χ4v) is 1.79. The highest BCUT2D eigenvalue weighted by Crippen LogP contribution is 2.16. The monoisotopic (exact) mass is 254 g/mol. The second-order valence-corrected chi connectivity index (χ2v) is 4.15. The van der Waals surface area contributed by atoms with Gasteiger partial charge in [-0.15, -0.1) is 12.6 Å². The van der Waals surface area contributed by atoms with E-state index in [1.807, 2.05) is 12.1 Å². The molecule has 88 valence electrons. The van der Waals surface area contributed by atoms with Gasteiger partial charge in [-0.05, 0) is 30.3 Å². The topological polar surface area (TPSA) is 52.9 Å². The Morgan fingerprint density at radius 2 is 1.94 bits per heavy atom. The number of carbonyl (C=O) groups excluding carboxylic acids is 1. The summed E-state index contributed by atoms with van der Waals surface area (Å²) in [5, 5.41) is 11.5. The first-order chi connectivity index (χ1) is 8.70. The fourth-order valence-electron chi connectivity index (χ4n) is 1.53. The molecule has 0 unspecified atom stereocenters. The predicted octanol–water partition coefficient (Wildman–Crippen LogP) is 3.10. The zero-order valence-electron chi connectivity index (χ0n) is 9.42. The third-order valence-electron chi connectivity index (χ3n) is 2.40. The molecule has 0 saturated heterocycles. The van der Waals surface area contributed by atoms with Gasteiger partial charge in [-0.1, -0.05) is 18.2 Å². The third kappa shape index (κ3) is 2.70. The van der Waals surface area contributed by atoms with Gasteiger partial charge in [0.25, 0.3) is 5.91 Å². The van der Waals surface area contributed by atoms with Crippen LogP contribution >= 0.6 is 12.6 Å². The Bertz CT molecular complexity index is 632.